The van der Waals surface area contributed by atoms with Gasteiger partial charge in [-0.25, -0.2) is 13.2 Å². The third-order valence-corrected chi connectivity index (χ3v) is 6.66. The molecule has 1 aliphatic rings. The van der Waals surface area contributed by atoms with Gasteiger partial charge in [0.2, 0.25) is 0 Å². The number of aromatic carboxylic acids is 1. The SMILES string of the molecule is O=C(O)c1csc(S(=O)(=O)N2CCOCC2c2ccco2)c1. The second kappa shape index (κ2) is 5.84. The third-order valence-electron chi connectivity index (χ3n) is 3.34. The molecular weight excluding hydrogens is 330 g/mol. The lowest BCUT2D eigenvalue weighted by molar-refractivity contribution is 0.0245. The Kier molecular flexibility index (Phi) is 4.04. The highest BCUT2D eigenvalue weighted by Gasteiger charge is 2.37. The van der Waals surface area contributed by atoms with Gasteiger partial charge >= 0.3 is 5.97 Å². The summed E-state index contributed by atoms with van der Waals surface area (Å²) in [6, 6.07) is 4.00. The topological polar surface area (TPSA) is 97.0 Å². The zero-order chi connectivity index (χ0) is 15.7. The number of hydrogen-bond donors (Lipinski definition) is 1. The number of carboxylic acid groups (broad SMARTS) is 1. The van der Waals surface area contributed by atoms with E-state index in [-0.39, 0.29) is 29.5 Å². The summed E-state index contributed by atoms with van der Waals surface area (Å²) in [7, 11) is -3.80. The molecule has 9 heteroatoms. The minimum absolute atomic E-state index is 0.00311. The number of furan rings is 1. The molecule has 0 radical (unpaired) electrons. The molecule has 1 aliphatic heterocycles. The molecule has 1 saturated heterocycles. The van der Waals surface area contributed by atoms with Crippen molar-refractivity contribution in [3.8, 4) is 0 Å². The predicted molar refractivity (Wildman–Crippen MR) is 77.4 cm³/mol. The Morgan fingerprint density at radius 1 is 1.45 bits per heavy atom. The van der Waals surface area contributed by atoms with Gasteiger partial charge in [-0.2, -0.15) is 4.31 Å². The molecule has 22 heavy (non-hydrogen) atoms. The summed E-state index contributed by atoms with van der Waals surface area (Å²) in [6.07, 6.45) is 1.47. The summed E-state index contributed by atoms with van der Waals surface area (Å²) in [6.45, 7) is 0.672. The van der Waals surface area contributed by atoms with Crippen LogP contribution in [0.15, 0.2) is 38.5 Å². The first-order valence-corrected chi connectivity index (χ1v) is 8.77. The molecule has 0 aliphatic carbocycles. The van der Waals surface area contributed by atoms with Crippen molar-refractivity contribution < 1.29 is 27.5 Å². The lowest BCUT2D eigenvalue weighted by Crippen LogP contribution is -2.42. The van der Waals surface area contributed by atoms with Crippen LogP contribution in [0.1, 0.15) is 22.2 Å². The van der Waals surface area contributed by atoms with Crippen LogP contribution in [0.3, 0.4) is 0 Å². The van der Waals surface area contributed by atoms with Gasteiger partial charge in [-0.05, 0) is 18.2 Å². The molecule has 3 heterocycles. The van der Waals surface area contributed by atoms with Crippen LogP contribution in [-0.4, -0.2) is 43.6 Å². The van der Waals surface area contributed by atoms with E-state index in [0.29, 0.717) is 5.76 Å². The molecule has 1 atom stereocenters. The van der Waals surface area contributed by atoms with Gasteiger partial charge < -0.3 is 14.3 Å². The number of rotatable bonds is 4. The zero-order valence-electron chi connectivity index (χ0n) is 11.3. The average Bonchev–Trinajstić information content (AvgIpc) is 3.19. The highest BCUT2D eigenvalue weighted by Crippen LogP contribution is 2.32. The summed E-state index contributed by atoms with van der Waals surface area (Å²) in [4.78, 5) is 10.9. The van der Waals surface area contributed by atoms with E-state index in [4.69, 9.17) is 14.3 Å². The van der Waals surface area contributed by atoms with Crippen molar-refractivity contribution >= 4 is 27.3 Å². The smallest absolute Gasteiger partial charge is 0.336 e. The minimum Gasteiger partial charge on any atom is -0.478 e. The van der Waals surface area contributed by atoms with E-state index in [9.17, 15) is 13.2 Å². The van der Waals surface area contributed by atoms with Crippen LogP contribution in [0.5, 0.6) is 0 Å². The maximum atomic E-state index is 12.8. The number of hydrogen-bond acceptors (Lipinski definition) is 6. The highest BCUT2D eigenvalue weighted by molar-refractivity contribution is 7.91. The van der Waals surface area contributed by atoms with Crippen LogP contribution in [0.4, 0.5) is 0 Å². The Bertz CT molecular complexity index is 764. The lowest BCUT2D eigenvalue weighted by Gasteiger charge is -2.32. The van der Waals surface area contributed by atoms with Crippen LogP contribution < -0.4 is 0 Å². The fourth-order valence-electron chi connectivity index (χ4n) is 2.26. The Morgan fingerprint density at radius 3 is 2.91 bits per heavy atom. The highest BCUT2D eigenvalue weighted by atomic mass is 32.2. The second-order valence-electron chi connectivity index (χ2n) is 4.68. The number of ether oxygens (including phenoxy) is 1. The second-order valence-corrected chi connectivity index (χ2v) is 7.71. The first kappa shape index (κ1) is 15.2. The first-order valence-electron chi connectivity index (χ1n) is 6.45. The van der Waals surface area contributed by atoms with E-state index < -0.39 is 22.0 Å². The Labute approximate surface area is 130 Å². The number of nitrogens with zero attached hydrogens (tertiary/aromatic N) is 1. The normalized spacial score (nSPS) is 20.1. The maximum absolute atomic E-state index is 12.8. The number of carbonyl (C=O) groups is 1. The van der Waals surface area contributed by atoms with Gasteiger partial charge in [-0.15, -0.1) is 11.3 Å². The molecule has 0 spiro atoms. The van der Waals surface area contributed by atoms with Gasteiger partial charge in [0.25, 0.3) is 10.0 Å². The summed E-state index contributed by atoms with van der Waals surface area (Å²) < 4.78 is 37.5. The van der Waals surface area contributed by atoms with Crippen molar-refractivity contribution in [2.75, 3.05) is 19.8 Å². The molecular formula is C13H13NO6S2. The van der Waals surface area contributed by atoms with Crippen LogP contribution in [0.2, 0.25) is 0 Å². The molecule has 3 rings (SSSR count). The standard InChI is InChI=1S/C13H13NO6S2/c15-13(16)9-6-12(21-8-9)22(17,18)14-3-5-19-7-10(14)11-2-1-4-20-11/h1-2,4,6,8,10H,3,5,7H2,(H,15,16). The van der Waals surface area contributed by atoms with E-state index >= 15 is 0 Å². The van der Waals surface area contributed by atoms with Crippen molar-refractivity contribution in [3.05, 3.63) is 41.2 Å². The van der Waals surface area contributed by atoms with E-state index in [1.54, 1.807) is 12.1 Å². The quantitative estimate of drug-likeness (QED) is 0.909. The largest absolute Gasteiger partial charge is 0.478 e. The van der Waals surface area contributed by atoms with Gasteiger partial charge in [-0.1, -0.05) is 0 Å². The molecule has 2 aromatic heterocycles. The van der Waals surface area contributed by atoms with Crippen LogP contribution in [-0.2, 0) is 14.8 Å². The number of carboxylic acids is 1. The Balaban J connectivity index is 1.96. The molecule has 1 N–H and O–H groups in total. The minimum atomic E-state index is -3.80. The van der Waals surface area contributed by atoms with Gasteiger partial charge in [0, 0.05) is 11.9 Å². The molecule has 118 valence electrons. The molecule has 7 nitrogen and oxygen atoms in total. The number of sulfonamides is 1. The third kappa shape index (κ3) is 2.68. The molecule has 1 unspecified atom stereocenters. The van der Waals surface area contributed by atoms with E-state index in [1.165, 1.54) is 22.0 Å². The van der Waals surface area contributed by atoms with Crippen LogP contribution in [0.25, 0.3) is 0 Å². The van der Waals surface area contributed by atoms with Crippen LogP contribution in [0, 0.1) is 0 Å². The first-order chi connectivity index (χ1) is 10.5. The Hall–Kier alpha value is -1.68. The van der Waals surface area contributed by atoms with Crippen molar-refractivity contribution in [2.24, 2.45) is 0 Å². The Morgan fingerprint density at radius 2 is 2.27 bits per heavy atom. The van der Waals surface area contributed by atoms with E-state index in [0.717, 1.165) is 11.3 Å². The molecule has 0 aromatic carbocycles. The maximum Gasteiger partial charge on any atom is 0.336 e. The van der Waals surface area contributed by atoms with Crippen molar-refractivity contribution in [1.82, 2.24) is 4.31 Å². The monoisotopic (exact) mass is 343 g/mol. The van der Waals surface area contributed by atoms with E-state index in [1.807, 2.05) is 0 Å². The summed E-state index contributed by atoms with van der Waals surface area (Å²) >= 11 is 0.896. The number of morpholine rings is 1. The average molecular weight is 343 g/mol. The van der Waals surface area contributed by atoms with Gasteiger partial charge in [0.1, 0.15) is 16.0 Å². The molecule has 2 aromatic rings. The van der Waals surface area contributed by atoms with Crippen LogP contribution >= 0.6 is 11.3 Å². The van der Waals surface area contributed by atoms with Gasteiger partial charge in [0.05, 0.1) is 25.0 Å². The van der Waals surface area contributed by atoms with Gasteiger partial charge in [0.15, 0.2) is 0 Å². The summed E-state index contributed by atoms with van der Waals surface area (Å²) in [5.74, 6) is -0.652. The predicted octanol–water partition coefficient (Wildman–Crippen LogP) is 1.80. The molecule has 0 amide bonds. The molecule has 0 bridgehead atoms. The zero-order valence-corrected chi connectivity index (χ0v) is 13.0. The fourth-order valence-corrected chi connectivity index (χ4v) is 5.11. The van der Waals surface area contributed by atoms with E-state index in [2.05, 4.69) is 0 Å². The van der Waals surface area contributed by atoms with Gasteiger partial charge in [-0.3, -0.25) is 0 Å². The number of thiophene rings is 1. The summed E-state index contributed by atoms with van der Waals surface area (Å²) in [5.41, 5.74) is -0.0358. The lowest BCUT2D eigenvalue weighted by atomic mass is 10.2. The fraction of sp³-hybridized carbons (Fsp3) is 0.308. The summed E-state index contributed by atoms with van der Waals surface area (Å²) in [5, 5.41) is 10.3. The van der Waals surface area contributed by atoms with Crippen molar-refractivity contribution in [1.29, 1.82) is 0 Å². The molecule has 1 fully saturated rings. The molecule has 0 saturated carbocycles. The van der Waals surface area contributed by atoms with Crippen molar-refractivity contribution in [3.63, 3.8) is 0 Å². The van der Waals surface area contributed by atoms with Crippen molar-refractivity contribution in [2.45, 2.75) is 10.3 Å².